The second kappa shape index (κ2) is 5.57. The van der Waals surface area contributed by atoms with Crippen molar-refractivity contribution in [3.8, 4) is 5.75 Å². The number of nitrogens with zero attached hydrogens (tertiary/aromatic N) is 1. The summed E-state index contributed by atoms with van der Waals surface area (Å²) >= 11 is 0. The maximum atomic E-state index is 6.19. The van der Waals surface area contributed by atoms with Gasteiger partial charge in [0.25, 0.3) is 0 Å². The molecule has 1 N–H and O–H groups in total. The zero-order valence-electron chi connectivity index (χ0n) is 11.3. The van der Waals surface area contributed by atoms with Gasteiger partial charge < -0.3 is 10.1 Å². The molecule has 0 amide bonds. The Morgan fingerprint density at radius 2 is 2.21 bits per heavy atom. The SMILES string of the molecule is CCNC1CCC(Oc2cccc3ncccc23)C1. The third kappa shape index (κ3) is 2.71. The van der Waals surface area contributed by atoms with Gasteiger partial charge in [-0.1, -0.05) is 13.0 Å². The van der Waals surface area contributed by atoms with Crippen LogP contribution in [-0.2, 0) is 0 Å². The van der Waals surface area contributed by atoms with E-state index in [0.717, 1.165) is 36.0 Å². The van der Waals surface area contributed by atoms with E-state index >= 15 is 0 Å². The third-order valence-electron chi connectivity index (χ3n) is 3.78. The number of hydrogen-bond acceptors (Lipinski definition) is 3. The smallest absolute Gasteiger partial charge is 0.129 e. The molecule has 100 valence electrons. The molecule has 2 aromatic rings. The van der Waals surface area contributed by atoms with Gasteiger partial charge in [0.15, 0.2) is 0 Å². The standard InChI is InChI=1S/C16H20N2O/c1-2-17-12-8-9-13(11-12)19-16-7-3-6-15-14(16)5-4-10-18-15/h3-7,10,12-13,17H,2,8-9,11H2,1H3. The molecule has 1 aliphatic carbocycles. The van der Waals surface area contributed by atoms with E-state index in [4.69, 9.17) is 4.74 Å². The molecule has 1 aromatic carbocycles. The first-order valence-electron chi connectivity index (χ1n) is 7.10. The first-order chi connectivity index (χ1) is 9.36. The van der Waals surface area contributed by atoms with Gasteiger partial charge in [-0.2, -0.15) is 0 Å². The number of fused-ring (bicyclic) bond motifs is 1. The van der Waals surface area contributed by atoms with Crippen LogP contribution in [0.2, 0.25) is 0 Å². The highest BCUT2D eigenvalue weighted by Gasteiger charge is 2.25. The highest BCUT2D eigenvalue weighted by Crippen LogP contribution is 2.29. The lowest BCUT2D eigenvalue weighted by atomic mass is 10.2. The van der Waals surface area contributed by atoms with E-state index in [1.54, 1.807) is 0 Å². The second-order valence-corrected chi connectivity index (χ2v) is 5.13. The van der Waals surface area contributed by atoms with Gasteiger partial charge in [-0.15, -0.1) is 0 Å². The molecule has 1 aliphatic rings. The molecule has 0 saturated heterocycles. The van der Waals surface area contributed by atoms with Gasteiger partial charge in [0, 0.05) is 17.6 Å². The van der Waals surface area contributed by atoms with Crippen LogP contribution < -0.4 is 10.1 Å². The summed E-state index contributed by atoms with van der Waals surface area (Å²) in [7, 11) is 0. The van der Waals surface area contributed by atoms with Crippen LogP contribution in [0.1, 0.15) is 26.2 Å². The Bertz CT molecular complexity index is 550. The molecule has 1 aromatic heterocycles. The molecule has 0 spiro atoms. The number of hydrogen-bond donors (Lipinski definition) is 1. The average Bonchev–Trinajstić information content (AvgIpc) is 2.87. The van der Waals surface area contributed by atoms with E-state index in [-0.39, 0.29) is 0 Å². The Balaban J connectivity index is 1.75. The minimum atomic E-state index is 0.329. The number of benzene rings is 1. The van der Waals surface area contributed by atoms with Crippen molar-refractivity contribution in [2.24, 2.45) is 0 Å². The molecule has 2 unspecified atom stereocenters. The van der Waals surface area contributed by atoms with E-state index in [2.05, 4.69) is 23.3 Å². The second-order valence-electron chi connectivity index (χ2n) is 5.13. The average molecular weight is 256 g/mol. The topological polar surface area (TPSA) is 34.1 Å². The van der Waals surface area contributed by atoms with Crippen LogP contribution in [0.25, 0.3) is 10.9 Å². The van der Waals surface area contributed by atoms with Crippen LogP contribution in [-0.4, -0.2) is 23.7 Å². The number of pyridine rings is 1. The summed E-state index contributed by atoms with van der Waals surface area (Å²) in [6, 6.07) is 10.7. The third-order valence-corrected chi connectivity index (χ3v) is 3.78. The maximum Gasteiger partial charge on any atom is 0.129 e. The maximum absolute atomic E-state index is 6.19. The fraction of sp³-hybridized carbons (Fsp3) is 0.438. The van der Waals surface area contributed by atoms with Crippen LogP contribution in [0, 0.1) is 0 Å². The van der Waals surface area contributed by atoms with Gasteiger partial charge in [-0.25, -0.2) is 0 Å². The van der Waals surface area contributed by atoms with E-state index in [1.165, 1.54) is 6.42 Å². The predicted octanol–water partition coefficient (Wildman–Crippen LogP) is 3.14. The summed E-state index contributed by atoms with van der Waals surface area (Å²) in [4.78, 5) is 4.37. The van der Waals surface area contributed by atoms with E-state index < -0.39 is 0 Å². The molecule has 1 heterocycles. The summed E-state index contributed by atoms with van der Waals surface area (Å²) in [5.41, 5.74) is 1.00. The minimum absolute atomic E-state index is 0.329. The van der Waals surface area contributed by atoms with Gasteiger partial charge >= 0.3 is 0 Å². The van der Waals surface area contributed by atoms with Gasteiger partial charge in [-0.05, 0) is 50.1 Å². The number of nitrogens with one attached hydrogen (secondary N) is 1. The monoisotopic (exact) mass is 256 g/mol. The Morgan fingerprint density at radius 1 is 1.26 bits per heavy atom. The fourth-order valence-electron chi connectivity index (χ4n) is 2.88. The number of rotatable bonds is 4. The molecule has 3 rings (SSSR count). The lowest BCUT2D eigenvalue weighted by molar-refractivity contribution is 0.209. The summed E-state index contributed by atoms with van der Waals surface area (Å²) < 4.78 is 6.19. The van der Waals surface area contributed by atoms with Gasteiger partial charge in [0.2, 0.25) is 0 Å². The first-order valence-corrected chi connectivity index (χ1v) is 7.10. The molecule has 1 fully saturated rings. The minimum Gasteiger partial charge on any atom is -0.490 e. The first kappa shape index (κ1) is 12.4. The van der Waals surface area contributed by atoms with Crippen molar-refractivity contribution in [3.05, 3.63) is 36.5 Å². The molecule has 1 saturated carbocycles. The van der Waals surface area contributed by atoms with Crippen LogP contribution >= 0.6 is 0 Å². The molecule has 0 radical (unpaired) electrons. The van der Waals surface area contributed by atoms with Crippen LogP contribution in [0.3, 0.4) is 0 Å². The summed E-state index contributed by atoms with van der Waals surface area (Å²) in [6.07, 6.45) is 5.60. The van der Waals surface area contributed by atoms with Crippen LogP contribution in [0.4, 0.5) is 0 Å². The van der Waals surface area contributed by atoms with E-state index in [9.17, 15) is 0 Å². The van der Waals surface area contributed by atoms with Gasteiger partial charge in [0.05, 0.1) is 5.52 Å². The van der Waals surface area contributed by atoms with Gasteiger partial charge in [0.1, 0.15) is 11.9 Å². The van der Waals surface area contributed by atoms with Crippen molar-refractivity contribution < 1.29 is 4.74 Å². The van der Waals surface area contributed by atoms with E-state index in [0.29, 0.717) is 12.1 Å². The molecule has 19 heavy (non-hydrogen) atoms. The van der Waals surface area contributed by atoms with Crippen LogP contribution in [0.15, 0.2) is 36.5 Å². The van der Waals surface area contributed by atoms with Gasteiger partial charge in [-0.3, -0.25) is 4.98 Å². The highest BCUT2D eigenvalue weighted by molar-refractivity contribution is 5.84. The predicted molar refractivity (Wildman–Crippen MR) is 77.5 cm³/mol. The summed E-state index contributed by atoms with van der Waals surface area (Å²) in [5, 5.41) is 4.61. The fourth-order valence-corrected chi connectivity index (χ4v) is 2.88. The van der Waals surface area contributed by atoms with Crippen LogP contribution in [0.5, 0.6) is 5.75 Å². The van der Waals surface area contributed by atoms with Crippen molar-refractivity contribution in [1.29, 1.82) is 0 Å². The molecular weight excluding hydrogens is 236 g/mol. The Kier molecular flexibility index (Phi) is 3.65. The molecule has 0 bridgehead atoms. The molecule has 0 aliphatic heterocycles. The Labute approximate surface area is 114 Å². The van der Waals surface area contributed by atoms with Crippen molar-refractivity contribution in [1.82, 2.24) is 10.3 Å². The largest absolute Gasteiger partial charge is 0.490 e. The lowest BCUT2D eigenvalue weighted by Crippen LogP contribution is -2.27. The van der Waals surface area contributed by atoms with Crippen molar-refractivity contribution in [2.75, 3.05) is 6.54 Å². The Hall–Kier alpha value is -1.61. The van der Waals surface area contributed by atoms with Crippen molar-refractivity contribution in [2.45, 2.75) is 38.3 Å². The normalized spacial score (nSPS) is 22.8. The number of aromatic nitrogens is 1. The molecule has 2 atom stereocenters. The molecular formula is C16H20N2O. The summed E-state index contributed by atoms with van der Waals surface area (Å²) in [6.45, 7) is 3.19. The highest BCUT2D eigenvalue weighted by atomic mass is 16.5. The van der Waals surface area contributed by atoms with Crippen molar-refractivity contribution in [3.63, 3.8) is 0 Å². The Morgan fingerprint density at radius 3 is 3.11 bits per heavy atom. The van der Waals surface area contributed by atoms with E-state index in [1.807, 2.05) is 30.5 Å². The lowest BCUT2D eigenvalue weighted by Gasteiger charge is -2.16. The number of ether oxygens (including phenoxy) is 1. The molecule has 3 nitrogen and oxygen atoms in total. The zero-order valence-corrected chi connectivity index (χ0v) is 11.3. The molecule has 3 heteroatoms. The van der Waals surface area contributed by atoms with Crippen molar-refractivity contribution >= 4 is 10.9 Å². The summed E-state index contributed by atoms with van der Waals surface area (Å²) in [5.74, 6) is 0.966. The quantitative estimate of drug-likeness (QED) is 0.912. The zero-order chi connectivity index (χ0) is 13.1.